The average Bonchev–Trinajstić information content (AvgIpc) is 2.00. The summed E-state index contributed by atoms with van der Waals surface area (Å²) in [5, 5.41) is 2.97. The van der Waals surface area contributed by atoms with Crippen molar-refractivity contribution in [1.29, 1.82) is 0 Å². The van der Waals surface area contributed by atoms with Crippen LogP contribution in [0.5, 0.6) is 0 Å². The maximum atomic E-state index is 11.2. The Morgan fingerprint density at radius 1 is 1.47 bits per heavy atom. The van der Waals surface area contributed by atoms with Crippen molar-refractivity contribution in [3.8, 4) is 0 Å². The molecule has 0 saturated heterocycles. The summed E-state index contributed by atoms with van der Waals surface area (Å²) in [7, 11) is -0.859. The van der Waals surface area contributed by atoms with Gasteiger partial charge in [0.25, 0.3) is 0 Å². The normalized spacial score (nSPS) is 15.8. The summed E-state index contributed by atoms with van der Waals surface area (Å²) in [6, 6.07) is 0. The van der Waals surface area contributed by atoms with Crippen molar-refractivity contribution in [2.75, 3.05) is 19.3 Å². The van der Waals surface area contributed by atoms with E-state index in [0.29, 0.717) is 6.54 Å². The van der Waals surface area contributed by atoms with E-state index >= 15 is 0 Å². The average molecular weight is 235 g/mol. The zero-order valence-corrected chi connectivity index (χ0v) is 10.9. The molecule has 0 aromatic carbocycles. The van der Waals surface area contributed by atoms with E-state index in [4.69, 9.17) is 4.74 Å². The molecule has 0 bridgehead atoms. The Kier molecular flexibility index (Phi) is 6.05. The fourth-order valence-corrected chi connectivity index (χ4v) is 1.22. The molecule has 0 fully saturated rings. The first-order valence-electron chi connectivity index (χ1n) is 4.97. The minimum atomic E-state index is -0.859. The number of hydrogen-bond donors (Lipinski definition) is 1. The van der Waals surface area contributed by atoms with Crippen LogP contribution in [0.4, 0.5) is 0 Å². The van der Waals surface area contributed by atoms with Crippen LogP contribution >= 0.6 is 0 Å². The second-order valence-corrected chi connectivity index (χ2v) is 6.33. The van der Waals surface area contributed by atoms with Gasteiger partial charge < -0.3 is 10.1 Å². The van der Waals surface area contributed by atoms with Crippen LogP contribution in [0, 0.1) is 0 Å². The van der Waals surface area contributed by atoms with E-state index in [9.17, 15) is 9.00 Å². The van der Waals surface area contributed by atoms with E-state index in [2.05, 4.69) is 5.32 Å². The highest BCUT2D eigenvalue weighted by Crippen LogP contribution is 2.06. The molecule has 0 radical (unpaired) electrons. The third kappa shape index (κ3) is 8.57. The molecular formula is C10H21NO3S. The Hall–Kier alpha value is -0.420. The van der Waals surface area contributed by atoms with Crippen LogP contribution in [0.1, 0.15) is 27.7 Å². The molecule has 1 N–H and O–H groups in total. The fourth-order valence-electron chi connectivity index (χ4n) is 0.872. The summed E-state index contributed by atoms with van der Waals surface area (Å²) in [6.07, 6.45) is 1.65. The summed E-state index contributed by atoms with van der Waals surface area (Å²) >= 11 is 0. The fraction of sp³-hybridized carbons (Fsp3) is 0.900. The maximum Gasteiger partial charge on any atom is 0.320 e. The zero-order chi connectivity index (χ0) is 12.1. The van der Waals surface area contributed by atoms with Gasteiger partial charge in [-0.15, -0.1) is 0 Å². The van der Waals surface area contributed by atoms with Gasteiger partial charge in [0, 0.05) is 28.9 Å². The van der Waals surface area contributed by atoms with E-state index < -0.39 is 16.4 Å². The predicted molar refractivity (Wildman–Crippen MR) is 62.2 cm³/mol. The zero-order valence-electron chi connectivity index (χ0n) is 10.1. The Bertz CT molecular complexity index is 235. The molecule has 0 aromatic heterocycles. The lowest BCUT2D eigenvalue weighted by molar-refractivity contribution is -0.153. The van der Waals surface area contributed by atoms with Crippen molar-refractivity contribution in [1.82, 2.24) is 5.32 Å². The number of hydrogen-bond acceptors (Lipinski definition) is 4. The van der Waals surface area contributed by atoms with E-state index in [1.807, 2.05) is 27.7 Å². The Labute approximate surface area is 94.2 Å². The number of esters is 1. The third-order valence-electron chi connectivity index (χ3n) is 1.69. The topological polar surface area (TPSA) is 55.4 Å². The van der Waals surface area contributed by atoms with Gasteiger partial charge in [-0.1, -0.05) is 0 Å². The van der Waals surface area contributed by atoms with E-state index in [1.54, 1.807) is 6.26 Å². The van der Waals surface area contributed by atoms with Gasteiger partial charge in [0.05, 0.1) is 6.54 Å². The minimum Gasteiger partial charge on any atom is -0.459 e. The van der Waals surface area contributed by atoms with Crippen molar-refractivity contribution in [2.45, 2.75) is 38.5 Å². The molecule has 0 amide bonds. The molecule has 90 valence electrons. The third-order valence-corrected chi connectivity index (χ3v) is 2.99. The summed E-state index contributed by atoms with van der Waals surface area (Å²) in [4.78, 5) is 11.2. The SMILES string of the molecule is CC(CNCC(=O)OC(C)(C)C)S(C)=O. The van der Waals surface area contributed by atoms with Crippen LogP contribution in [-0.2, 0) is 20.3 Å². The first kappa shape index (κ1) is 14.6. The molecule has 2 unspecified atom stereocenters. The van der Waals surface area contributed by atoms with Gasteiger partial charge in [-0.25, -0.2) is 0 Å². The molecule has 15 heavy (non-hydrogen) atoms. The summed E-state index contributed by atoms with van der Waals surface area (Å²) in [6.45, 7) is 8.08. The molecule has 0 heterocycles. The number of ether oxygens (including phenoxy) is 1. The number of carbonyl (C=O) groups excluding carboxylic acids is 1. The van der Waals surface area contributed by atoms with Gasteiger partial charge in [0.1, 0.15) is 5.60 Å². The Balaban J connectivity index is 3.69. The van der Waals surface area contributed by atoms with Crippen LogP contribution in [-0.4, -0.2) is 40.4 Å². The maximum absolute atomic E-state index is 11.2. The highest BCUT2D eigenvalue weighted by Gasteiger charge is 2.16. The summed E-state index contributed by atoms with van der Waals surface area (Å²) in [5.41, 5.74) is -0.446. The molecule has 0 aromatic rings. The van der Waals surface area contributed by atoms with Gasteiger partial charge >= 0.3 is 5.97 Å². The molecule has 4 nitrogen and oxygen atoms in total. The molecule has 2 atom stereocenters. The van der Waals surface area contributed by atoms with Gasteiger partial charge in [0.2, 0.25) is 0 Å². The largest absolute Gasteiger partial charge is 0.459 e. The lowest BCUT2D eigenvalue weighted by Gasteiger charge is -2.19. The molecular weight excluding hydrogens is 214 g/mol. The Morgan fingerprint density at radius 3 is 2.40 bits per heavy atom. The lowest BCUT2D eigenvalue weighted by atomic mass is 10.2. The predicted octanol–water partition coefficient (Wildman–Crippen LogP) is 0.685. The molecule has 0 saturated carbocycles. The van der Waals surface area contributed by atoms with Crippen LogP contribution in [0.25, 0.3) is 0 Å². The van der Waals surface area contributed by atoms with Gasteiger partial charge in [-0.3, -0.25) is 9.00 Å². The molecule has 0 aliphatic rings. The Morgan fingerprint density at radius 2 is 2.00 bits per heavy atom. The highest BCUT2D eigenvalue weighted by molar-refractivity contribution is 7.84. The van der Waals surface area contributed by atoms with E-state index in [0.717, 1.165) is 0 Å². The number of nitrogens with one attached hydrogen (secondary N) is 1. The first-order chi connectivity index (χ1) is 6.72. The monoisotopic (exact) mass is 235 g/mol. The molecule has 0 spiro atoms. The van der Waals surface area contributed by atoms with Gasteiger partial charge in [0.15, 0.2) is 0 Å². The second-order valence-electron chi connectivity index (χ2n) is 4.53. The molecule has 0 aliphatic carbocycles. The smallest absolute Gasteiger partial charge is 0.320 e. The van der Waals surface area contributed by atoms with Crippen LogP contribution in [0.3, 0.4) is 0 Å². The second kappa shape index (κ2) is 6.23. The molecule has 0 aliphatic heterocycles. The van der Waals surface area contributed by atoms with E-state index in [-0.39, 0.29) is 17.8 Å². The van der Waals surface area contributed by atoms with Crippen molar-refractivity contribution in [3.05, 3.63) is 0 Å². The molecule has 5 heteroatoms. The summed E-state index contributed by atoms with van der Waals surface area (Å²) < 4.78 is 16.1. The van der Waals surface area contributed by atoms with Crippen molar-refractivity contribution in [2.24, 2.45) is 0 Å². The number of rotatable bonds is 5. The highest BCUT2D eigenvalue weighted by atomic mass is 32.2. The van der Waals surface area contributed by atoms with Gasteiger partial charge in [-0.05, 0) is 27.7 Å². The van der Waals surface area contributed by atoms with Crippen molar-refractivity contribution >= 4 is 16.8 Å². The minimum absolute atomic E-state index is 0.0486. The molecule has 0 rings (SSSR count). The van der Waals surface area contributed by atoms with Gasteiger partial charge in [-0.2, -0.15) is 0 Å². The lowest BCUT2D eigenvalue weighted by Crippen LogP contribution is -2.35. The van der Waals surface area contributed by atoms with Crippen LogP contribution in [0.2, 0.25) is 0 Å². The summed E-state index contributed by atoms with van der Waals surface area (Å²) in [5.74, 6) is -0.281. The van der Waals surface area contributed by atoms with E-state index in [1.165, 1.54) is 0 Å². The van der Waals surface area contributed by atoms with Crippen molar-refractivity contribution in [3.63, 3.8) is 0 Å². The standard InChI is InChI=1S/C10H21NO3S/c1-8(15(5)13)6-11-7-9(12)14-10(2,3)4/h8,11H,6-7H2,1-5H3. The van der Waals surface area contributed by atoms with Crippen molar-refractivity contribution < 1.29 is 13.7 Å². The quantitative estimate of drug-likeness (QED) is 0.712. The first-order valence-corrected chi connectivity index (χ1v) is 6.59. The number of carbonyl (C=O) groups is 1. The van der Waals surface area contributed by atoms with Crippen LogP contribution < -0.4 is 5.32 Å². The van der Waals surface area contributed by atoms with Crippen LogP contribution in [0.15, 0.2) is 0 Å².